The van der Waals surface area contributed by atoms with Gasteiger partial charge < -0.3 is 5.11 Å². The van der Waals surface area contributed by atoms with E-state index in [0.29, 0.717) is 5.75 Å². The van der Waals surface area contributed by atoms with Gasteiger partial charge in [0.1, 0.15) is 11.4 Å². The first-order chi connectivity index (χ1) is 7.18. The first-order valence-electron chi connectivity index (χ1n) is 4.39. The lowest BCUT2D eigenvalue weighted by atomic mass is 10.2. The van der Waals surface area contributed by atoms with E-state index in [-0.39, 0.29) is 0 Å². The van der Waals surface area contributed by atoms with Crippen LogP contribution in [0, 0.1) is 6.92 Å². The van der Waals surface area contributed by atoms with Crippen molar-refractivity contribution in [1.29, 1.82) is 0 Å². The number of thioether (sulfide) groups is 1. The fraction of sp³-hybridized carbons (Fsp3) is 0.333. The average Bonchev–Trinajstić information content (AvgIpc) is 2.67. The molecule has 0 radical (unpaired) electrons. The molecule has 0 aliphatic carbocycles. The summed E-state index contributed by atoms with van der Waals surface area (Å²) in [6.07, 6.45) is 3.13. The quantitative estimate of drug-likeness (QED) is 0.800. The topological polar surface area (TPSA) is 75.4 Å². The zero-order valence-corrected chi connectivity index (χ0v) is 8.86. The Balaban J connectivity index is 2.30. The molecule has 0 bridgehead atoms. The number of rotatable bonds is 2. The van der Waals surface area contributed by atoms with Gasteiger partial charge in [-0.15, -0.1) is 11.8 Å². The van der Waals surface area contributed by atoms with Crippen molar-refractivity contribution in [2.75, 3.05) is 5.75 Å². The standard InChI is InChI=1S/C9H9N3O2S/c1-5-6(2-10-4-11-5)8-12-7(3-15-8)9(13)14/h2,4,7H,3H2,1H3,(H,13,14). The molecule has 0 fully saturated rings. The molecule has 1 aliphatic heterocycles. The van der Waals surface area contributed by atoms with E-state index in [1.807, 2.05) is 6.92 Å². The lowest BCUT2D eigenvalue weighted by molar-refractivity contribution is -0.137. The number of carbonyl (C=O) groups is 1. The fourth-order valence-electron chi connectivity index (χ4n) is 1.25. The van der Waals surface area contributed by atoms with Crippen molar-refractivity contribution in [3.8, 4) is 0 Å². The first-order valence-corrected chi connectivity index (χ1v) is 5.37. The molecule has 1 aromatic heterocycles. The summed E-state index contributed by atoms with van der Waals surface area (Å²) in [7, 11) is 0. The molecule has 0 spiro atoms. The number of carboxylic acids is 1. The maximum atomic E-state index is 10.7. The third kappa shape index (κ3) is 1.99. The molecule has 15 heavy (non-hydrogen) atoms. The Bertz CT molecular complexity index is 433. The highest BCUT2D eigenvalue weighted by Gasteiger charge is 2.25. The third-order valence-electron chi connectivity index (χ3n) is 2.08. The fourth-order valence-corrected chi connectivity index (χ4v) is 2.34. The van der Waals surface area contributed by atoms with Crippen LogP contribution in [0.25, 0.3) is 0 Å². The number of hydrogen-bond donors (Lipinski definition) is 1. The molecule has 5 nitrogen and oxygen atoms in total. The van der Waals surface area contributed by atoms with Crippen molar-refractivity contribution >= 4 is 22.8 Å². The minimum atomic E-state index is -0.882. The van der Waals surface area contributed by atoms with Gasteiger partial charge in [0.15, 0.2) is 6.04 Å². The molecule has 0 saturated heterocycles. The van der Waals surface area contributed by atoms with Crippen LogP contribution in [0.1, 0.15) is 11.3 Å². The van der Waals surface area contributed by atoms with Gasteiger partial charge in [0.25, 0.3) is 0 Å². The highest BCUT2D eigenvalue weighted by atomic mass is 32.2. The molecule has 1 atom stereocenters. The second-order valence-corrected chi connectivity index (χ2v) is 4.13. The minimum Gasteiger partial charge on any atom is -0.480 e. The van der Waals surface area contributed by atoms with E-state index in [9.17, 15) is 4.79 Å². The van der Waals surface area contributed by atoms with Gasteiger partial charge in [-0.3, -0.25) is 4.99 Å². The van der Waals surface area contributed by atoms with Crippen LogP contribution < -0.4 is 0 Å². The summed E-state index contributed by atoms with van der Waals surface area (Å²) in [4.78, 5) is 22.8. The van der Waals surface area contributed by atoms with E-state index < -0.39 is 12.0 Å². The first kappa shape index (κ1) is 10.1. The Kier molecular flexibility index (Phi) is 2.68. The molecular weight excluding hydrogens is 214 g/mol. The van der Waals surface area contributed by atoms with Gasteiger partial charge in [0.05, 0.1) is 5.69 Å². The molecule has 2 heterocycles. The smallest absolute Gasteiger partial charge is 0.329 e. The predicted octanol–water partition coefficient (Wildman–Crippen LogP) is 0.732. The van der Waals surface area contributed by atoms with E-state index in [1.54, 1.807) is 6.20 Å². The molecule has 2 rings (SSSR count). The van der Waals surface area contributed by atoms with Crippen LogP contribution in [-0.2, 0) is 4.79 Å². The van der Waals surface area contributed by atoms with Crippen molar-refractivity contribution < 1.29 is 9.90 Å². The summed E-state index contributed by atoms with van der Waals surface area (Å²) >= 11 is 1.44. The van der Waals surface area contributed by atoms with E-state index in [2.05, 4.69) is 15.0 Å². The third-order valence-corrected chi connectivity index (χ3v) is 3.16. The maximum absolute atomic E-state index is 10.7. The van der Waals surface area contributed by atoms with Crippen LogP contribution in [-0.4, -0.2) is 37.9 Å². The highest BCUT2D eigenvalue weighted by molar-refractivity contribution is 8.14. The zero-order chi connectivity index (χ0) is 10.8. The molecule has 1 N–H and O–H groups in total. The van der Waals surface area contributed by atoms with Gasteiger partial charge in [-0.1, -0.05) is 0 Å². The number of aliphatic imine (C=N–C) groups is 1. The Labute approximate surface area is 90.7 Å². The van der Waals surface area contributed by atoms with Crippen LogP contribution in [0.3, 0.4) is 0 Å². The molecule has 0 saturated carbocycles. The predicted molar refractivity (Wildman–Crippen MR) is 57.2 cm³/mol. The van der Waals surface area contributed by atoms with Crippen molar-refractivity contribution in [3.05, 3.63) is 23.8 Å². The van der Waals surface area contributed by atoms with Gasteiger partial charge in [0, 0.05) is 17.5 Å². The van der Waals surface area contributed by atoms with Crippen molar-refractivity contribution in [3.63, 3.8) is 0 Å². The molecule has 0 amide bonds. The van der Waals surface area contributed by atoms with Crippen molar-refractivity contribution in [2.24, 2.45) is 4.99 Å². The number of aryl methyl sites for hydroxylation is 1. The monoisotopic (exact) mass is 223 g/mol. The lowest BCUT2D eigenvalue weighted by Crippen LogP contribution is -2.17. The summed E-state index contributed by atoms with van der Waals surface area (Å²) in [5.74, 6) is -0.397. The van der Waals surface area contributed by atoms with Crippen LogP contribution in [0.4, 0.5) is 0 Å². The highest BCUT2D eigenvalue weighted by Crippen LogP contribution is 2.24. The zero-order valence-electron chi connectivity index (χ0n) is 8.04. The van der Waals surface area contributed by atoms with Crippen molar-refractivity contribution in [1.82, 2.24) is 9.97 Å². The summed E-state index contributed by atoms with van der Waals surface area (Å²) < 4.78 is 0. The summed E-state index contributed by atoms with van der Waals surface area (Å²) in [5, 5.41) is 9.52. The number of aliphatic carboxylic acids is 1. The second kappa shape index (κ2) is 3.98. The van der Waals surface area contributed by atoms with E-state index in [4.69, 9.17) is 5.11 Å². The number of hydrogen-bond acceptors (Lipinski definition) is 5. The van der Waals surface area contributed by atoms with E-state index in [0.717, 1.165) is 16.3 Å². The van der Waals surface area contributed by atoms with Gasteiger partial charge in [0.2, 0.25) is 0 Å². The Hall–Kier alpha value is -1.43. The normalized spacial score (nSPS) is 20.1. The Morgan fingerprint density at radius 2 is 2.47 bits per heavy atom. The average molecular weight is 223 g/mol. The van der Waals surface area contributed by atoms with Crippen LogP contribution >= 0.6 is 11.8 Å². The van der Waals surface area contributed by atoms with Gasteiger partial charge in [-0.25, -0.2) is 14.8 Å². The molecular formula is C9H9N3O2S. The van der Waals surface area contributed by atoms with Crippen LogP contribution in [0.2, 0.25) is 0 Å². The molecule has 1 unspecified atom stereocenters. The van der Waals surface area contributed by atoms with E-state index >= 15 is 0 Å². The molecule has 0 aromatic carbocycles. The largest absolute Gasteiger partial charge is 0.480 e. The molecule has 1 aliphatic rings. The van der Waals surface area contributed by atoms with Crippen LogP contribution in [0.15, 0.2) is 17.5 Å². The molecule has 1 aromatic rings. The summed E-state index contributed by atoms with van der Waals surface area (Å²) in [5.41, 5.74) is 1.65. The van der Waals surface area contributed by atoms with Gasteiger partial charge in [-0.05, 0) is 6.92 Å². The van der Waals surface area contributed by atoms with Gasteiger partial charge in [-0.2, -0.15) is 0 Å². The van der Waals surface area contributed by atoms with E-state index in [1.165, 1.54) is 18.1 Å². The number of aromatic nitrogens is 2. The van der Waals surface area contributed by atoms with Crippen LogP contribution in [0.5, 0.6) is 0 Å². The lowest BCUT2D eigenvalue weighted by Gasteiger charge is -2.00. The second-order valence-electron chi connectivity index (χ2n) is 3.12. The summed E-state index contributed by atoms with van der Waals surface area (Å²) in [6, 6.07) is -0.635. The summed E-state index contributed by atoms with van der Waals surface area (Å²) in [6.45, 7) is 1.86. The Morgan fingerprint density at radius 1 is 1.67 bits per heavy atom. The minimum absolute atomic E-state index is 0.485. The van der Waals surface area contributed by atoms with Crippen molar-refractivity contribution in [2.45, 2.75) is 13.0 Å². The maximum Gasteiger partial charge on any atom is 0.329 e. The molecule has 6 heteroatoms. The Morgan fingerprint density at radius 3 is 3.07 bits per heavy atom. The number of nitrogens with zero attached hydrogens (tertiary/aromatic N) is 3. The van der Waals surface area contributed by atoms with Gasteiger partial charge >= 0.3 is 5.97 Å². The number of carboxylic acid groups (broad SMARTS) is 1. The SMILES string of the molecule is Cc1ncncc1C1=NC(C(=O)O)CS1. The molecule has 78 valence electrons.